The van der Waals surface area contributed by atoms with E-state index in [1.807, 2.05) is 17.5 Å². The van der Waals surface area contributed by atoms with Gasteiger partial charge in [0.05, 0.1) is 12.1 Å². The van der Waals surface area contributed by atoms with Gasteiger partial charge in [0, 0.05) is 10.8 Å². The Kier molecular flexibility index (Phi) is 4.32. The predicted octanol–water partition coefficient (Wildman–Crippen LogP) is 3.77. The summed E-state index contributed by atoms with van der Waals surface area (Å²) in [6, 6.07) is 6.67. The fourth-order valence-electron chi connectivity index (χ4n) is 2.85. The van der Waals surface area contributed by atoms with Crippen molar-refractivity contribution in [2.45, 2.75) is 33.4 Å². The number of hydrogen-bond acceptors (Lipinski definition) is 5. The van der Waals surface area contributed by atoms with E-state index in [-0.39, 0.29) is 17.3 Å². The first kappa shape index (κ1) is 16.5. The number of hydrogen-bond donors (Lipinski definition) is 1. The molecule has 1 N–H and O–H groups in total. The van der Waals surface area contributed by atoms with Crippen LogP contribution in [0.25, 0.3) is 0 Å². The highest BCUT2D eigenvalue weighted by Gasteiger charge is 2.45. The van der Waals surface area contributed by atoms with Crippen molar-refractivity contribution in [3.63, 3.8) is 0 Å². The van der Waals surface area contributed by atoms with Gasteiger partial charge < -0.3 is 14.4 Å². The second kappa shape index (κ2) is 6.28. The van der Waals surface area contributed by atoms with Crippen LogP contribution in [0.3, 0.4) is 0 Å². The Morgan fingerprint density at radius 3 is 2.67 bits per heavy atom. The SMILES string of the molecule is Cc1ccc(C2C(C(=O)C(C)C)=C(O)C(=O)N2Cc2cccs2)o1. The van der Waals surface area contributed by atoms with E-state index in [9.17, 15) is 14.7 Å². The molecule has 126 valence electrons. The van der Waals surface area contributed by atoms with Crippen molar-refractivity contribution in [2.24, 2.45) is 5.92 Å². The molecular formula is C18H19NO4S. The molecule has 0 spiro atoms. The molecule has 3 rings (SSSR count). The van der Waals surface area contributed by atoms with E-state index in [1.165, 1.54) is 16.2 Å². The van der Waals surface area contributed by atoms with E-state index >= 15 is 0 Å². The molecule has 1 amide bonds. The number of ketones is 1. The largest absolute Gasteiger partial charge is 0.503 e. The van der Waals surface area contributed by atoms with Crippen LogP contribution < -0.4 is 0 Å². The average molecular weight is 345 g/mol. The van der Waals surface area contributed by atoms with Gasteiger partial charge in [-0.1, -0.05) is 19.9 Å². The Morgan fingerprint density at radius 2 is 2.12 bits per heavy atom. The molecule has 0 aromatic carbocycles. The highest BCUT2D eigenvalue weighted by Crippen LogP contribution is 2.40. The lowest BCUT2D eigenvalue weighted by Crippen LogP contribution is -2.30. The van der Waals surface area contributed by atoms with Crippen LogP contribution in [-0.4, -0.2) is 21.7 Å². The maximum absolute atomic E-state index is 12.6. The number of nitrogens with zero attached hydrogens (tertiary/aromatic N) is 1. The monoisotopic (exact) mass is 345 g/mol. The summed E-state index contributed by atoms with van der Waals surface area (Å²) in [7, 11) is 0. The molecule has 3 heterocycles. The lowest BCUT2D eigenvalue weighted by molar-refractivity contribution is -0.130. The van der Waals surface area contributed by atoms with E-state index < -0.39 is 17.7 Å². The van der Waals surface area contributed by atoms with Crippen LogP contribution in [0.15, 0.2) is 45.4 Å². The Morgan fingerprint density at radius 1 is 1.38 bits per heavy atom. The van der Waals surface area contributed by atoms with Crippen molar-refractivity contribution in [3.8, 4) is 0 Å². The predicted molar refractivity (Wildman–Crippen MR) is 90.6 cm³/mol. The molecule has 2 aromatic rings. The van der Waals surface area contributed by atoms with E-state index in [2.05, 4.69) is 0 Å². The summed E-state index contributed by atoms with van der Waals surface area (Å²) in [6.07, 6.45) is 0. The zero-order valence-electron chi connectivity index (χ0n) is 13.8. The maximum atomic E-state index is 12.6. The van der Waals surface area contributed by atoms with Crippen molar-refractivity contribution < 1.29 is 19.1 Å². The Balaban J connectivity index is 2.06. The van der Waals surface area contributed by atoms with Crippen LogP contribution in [0, 0.1) is 12.8 Å². The minimum absolute atomic E-state index is 0.126. The number of aryl methyl sites for hydroxylation is 1. The van der Waals surface area contributed by atoms with E-state index in [0.717, 1.165) is 4.88 Å². The van der Waals surface area contributed by atoms with E-state index in [4.69, 9.17) is 4.42 Å². The van der Waals surface area contributed by atoms with Crippen molar-refractivity contribution in [3.05, 3.63) is 57.4 Å². The van der Waals surface area contributed by atoms with Gasteiger partial charge in [0.15, 0.2) is 11.5 Å². The van der Waals surface area contributed by atoms with Gasteiger partial charge in [0.2, 0.25) is 0 Å². The summed E-state index contributed by atoms with van der Waals surface area (Å²) in [5.41, 5.74) is 0.126. The second-order valence-electron chi connectivity index (χ2n) is 6.14. The second-order valence-corrected chi connectivity index (χ2v) is 7.18. The molecule has 2 aromatic heterocycles. The molecule has 0 radical (unpaired) electrons. The number of aliphatic hydroxyl groups excluding tert-OH is 1. The van der Waals surface area contributed by atoms with Gasteiger partial charge in [0.1, 0.15) is 17.6 Å². The van der Waals surface area contributed by atoms with Crippen LogP contribution in [0.1, 0.15) is 36.3 Å². The summed E-state index contributed by atoms with van der Waals surface area (Å²) in [6.45, 7) is 5.62. The average Bonchev–Trinajstić information content (AvgIpc) is 3.24. The van der Waals surface area contributed by atoms with Gasteiger partial charge in [-0.05, 0) is 30.5 Å². The number of aliphatic hydroxyl groups is 1. The third-order valence-electron chi connectivity index (χ3n) is 4.03. The standard InChI is InChI=1S/C18H19NO4S/c1-10(2)16(20)14-15(13-7-6-11(3)23-13)19(18(22)17(14)21)9-12-5-4-8-24-12/h4-8,10,15,21H,9H2,1-3H3. The molecule has 0 aliphatic carbocycles. The number of thiophene rings is 1. The van der Waals surface area contributed by atoms with Crippen molar-refractivity contribution in [2.75, 3.05) is 0 Å². The highest BCUT2D eigenvalue weighted by atomic mass is 32.1. The maximum Gasteiger partial charge on any atom is 0.290 e. The molecule has 24 heavy (non-hydrogen) atoms. The molecule has 1 aliphatic heterocycles. The molecule has 1 unspecified atom stereocenters. The van der Waals surface area contributed by atoms with E-state index in [1.54, 1.807) is 32.9 Å². The van der Waals surface area contributed by atoms with Crippen molar-refractivity contribution in [1.29, 1.82) is 0 Å². The first-order valence-corrected chi connectivity index (χ1v) is 8.65. The molecule has 5 nitrogen and oxygen atoms in total. The number of carbonyl (C=O) groups is 2. The first-order valence-electron chi connectivity index (χ1n) is 7.77. The molecule has 0 bridgehead atoms. The van der Waals surface area contributed by atoms with Crippen molar-refractivity contribution >= 4 is 23.0 Å². The minimum Gasteiger partial charge on any atom is -0.503 e. The quantitative estimate of drug-likeness (QED) is 0.895. The lowest BCUT2D eigenvalue weighted by atomic mass is 9.94. The van der Waals surface area contributed by atoms with Gasteiger partial charge >= 0.3 is 0 Å². The van der Waals surface area contributed by atoms with Crippen molar-refractivity contribution in [1.82, 2.24) is 4.90 Å². The fourth-order valence-corrected chi connectivity index (χ4v) is 3.55. The van der Waals surface area contributed by atoms with Crippen LogP contribution >= 0.6 is 11.3 Å². The summed E-state index contributed by atoms with van der Waals surface area (Å²) >= 11 is 1.52. The van der Waals surface area contributed by atoms with Crippen LogP contribution in [0.4, 0.5) is 0 Å². The molecular weight excluding hydrogens is 326 g/mol. The molecule has 0 fully saturated rings. The zero-order chi connectivity index (χ0) is 17.4. The third-order valence-corrected chi connectivity index (χ3v) is 4.89. The highest BCUT2D eigenvalue weighted by molar-refractivity contribution is 7.09. The van der Waals surface area contributed by atoms with Gasteiger partial charge in [0.25, 0.3) is 5.91 Å². The number of carbonyl (C=O) groups excluding carboxylic acids is 2. The Bertz CT molecular complexity index is 801. The Hall–Kier alpha value is -2.34. The summed E-state index contributed by atoms with van der Waals surface area (Å²) in [4.78, 5) is 27.7. The fraction of sp³-hybridized carbons (Fsp3) is 0.333. The topological polar surface area (TPSA) is 70.8 Å². The summed E-state index contributed by atoms with van der Waals surface area (Å²) < 4.78 is 5.69. The number of amides is 1. The smallest absolute Gasteiger partial charge is 0.290 e. The molecule has 1 aliphatic rings. The zero-order valence-corrected chi connectivity index (χ0v) is 14.6. The molecule has 6 heteroatoms. The van der Waals surface area contributed by atoms with Gasteiger partial charge in [-0.15, -0.1) is 11.3 Å². The van der Waals surface area contributed by atoms with E-state index in [0.29, 0.717) is 18.1 Å². The normalized spacial score (nSPS) is 18.1. The number of furan rings is 1. The van der Waals surface area contributed by atoms with Crippen LogP contribution in [0.2, 0.25) is 0 Å². The van der Waals surface area contributed by atoms with Gasteiger partial charge in [-0.25, -0.2) is 0 Å². The number of rotatable bonds is 5. The van der Waals surface area contributed by atoms with Gasteiger partial charge in [-0.2, -0.15) is 0 Å². The molecule has 1 atom stereocenters. The lowest BCUT2D eigenvalue weighted by Gasteiger charge is -2.24. The van der Waals surface area contributed by atoms with Crippen LogP contribution in [0.5, 0.6) is 0 Å². The van der Waals surface area contributed by atoms with Crippen LogP contribution in [-0.2, 0) is 16.1 Å². The third kappa shape index (κ3) is 2.78. The molecule has 0 saturated heterocycles. The number of Topliss-reactive ketones (excluding diaryl/α,β-unsaturated/α-hetero) is 1. The van der Waals surface area contributed by atoms with Gasteiger partial charge in [-0.3, -0.25) is 9.59 Å². The summed E-state index contributed by atoms with van der Waals surface area (Å²) in [5, 5.41) is 12.3. The summed E-state index contributed by atoms with van der Waals surface area (Å²) in [5.74, 6) is -0.388. The minimum atomic E-state index is -0.691. The first-order chi connectivity index (χ1) is 11.4. The Labute approximate surface area is 144 Å². The molecule has 0 saturated carbocycles.